The SMILES string of the molecule is CC(C)(C)OC(=O)Nc1nnc(-c2ccc(O)cc2)[nH]1. The Balaban J connectivity index is 2.06. The van der Waals surface area contributed by atoms with E-state index in [1.165, 1.54) is 0 Å². The molecule has 7 nitrogen and oxygen atoms in total. The highest BCUT2D eigenvalue weighted by Crippen LogP contribution is 2.19. The Morgan fingerprint density at radius 2 is 1.90 bits per heavy atom. The molecule has 2 rings (SSSR count). The van der Waals surface area contributed by atoms with Crippen molar-refractivity contribution in [2.24, 2.45) is 0 Å². The molecule has 0 atom stereocenters. The van der Waals surface area contributed by atoms with Crippen molar-refractivity contribution in [2.75, 3.05) is 5.32 Å². The number of phenolic OH excluding ortho intramolecular Hbond substituents is 1. The molecule has 0 fully saturated rings. The Morgan fingerprint density at radius 3 is 2.50 bits per heavy atom. The van der Waals surface area contributed by atoms with Crippen LogP contribution in [0.3, 0.4) is 0 Å². The fourth-order valence-electron chi connectivity index (χ4n) is 1.47. The summed E-state index contributed by atoms with van der Waals surface area (Å²) in [4.78, 5) is 14.4. The topological polar surface area (TPSA) is 100 Å². The van der Waals surface area contributed by atoms with E-state index in [1.807, 2.05) is 0 Å². The fraction of sp³-hybridized carbons (Fsp3) is 0.308. The molecule has 20 heavy (non-hydrogen) atoms. The Labute approximate surface area is 116 Å². The summed E-state index contributed by atoms with van der Waals surface area (Å²) in [6.45, 7) is 5.32. The van der Waals surface area contributed by atoms with Gasteiger partial charge in [-0.25, -0.2) is 4.79 Å². The van der Waals surface area contributed by atoms with Gasteiger partial charge in [0, 0.05) is 5.56 Å². The predicted octanol–water partition coefficient (Wildman–Crippen LogP) is 2.52. The number of phenols is 1. The molecule has 0 radical (unpaired) electrons. The number of hydrogen-bond acceptors (Lipinski definition) is 5. The number of carbonyl (C=O) groups excluding carboxylic acids is 1. The van der Waals surface area contributed by atoms with Gasteiger partial charge in [-0.3, -0.25) is 5.32 Å². The second-order valence-corrected chi connectivity index (χ2v) is 5.20. The maximum Gasteiger partial charge on any atom is 0.414 e. The molecule has 0 saturated heterocycles. The van der Waals surface area contributed by atoms with E-state index < -0.39 is 11.7 Å². The summed E-state index contributed by atoms with van der Waals surface area (Å²) in [5, 5.41) is 19.4. The zero-order valence-corrected chi connectivity index (χ0v) is 11.5. The second kappa shape index (κ2) is 5.20. The largest absolute Gasteiger partial charge is 0.508 e. The van der Waals surface area contributed by atoms with Gasteiger partial charge in [-0.1, -0.05) is 0 Å². The Hall–Kier alpha value is -2.57. The van der Waals surface area contributed by atoms with Gasteiger partial charge >= 0.3 is 6.09 Å². The number of aromatic hydroxyl groups is 1. The van der Waals surface area contributed by atoms with E-state index in [1.54, 1.807) is 45.0 Å². The third kappa shape index (κ3) is 3.71. The summed E-state index contributed by atoms with van der Waals surface area (Å²) in [5.41, 5.74) is 0.164. The van der Waals surface area contributed by atoms with E-state index in [0.29, 0.717) is 5.82 Å². The molecule has 1 amide bonds. The van der Waals surface area contributed by atoms with E-state index in [-0.39, 0.29) is 11.7 Å². The number of aromatic amines is 1. The van der Waals surface area contributed by atoms with Crippen LogP contribution in [-0.4, -0.2) is 32.0 Å². The maximum atomic E-state index is 11.6. The van der Waals surface area contributed by atoms with Gasteiger partial charge in [-0.05, 0) is 45.0 Å². The molecule has 0 aliphatic carbocycles. The second-order valence-electron chi connectivity index (χ2n) is 5.20. The lowest BCUT2D eigenvalue weighted by Crippen LogP contribution is -2.27. The molecule has 3 N–H and O–H groups in total. The minimum absolute atomic E-state index is 0.167. The van der Waals surface area contributed by atoms with Crippen LogP contribution in [0, 0.1) is 0 Å². The van der Waals surface area contributed by atoms with Crippen molar-refractivity contribution in [1.82, 2.24) is 15.2 Å². The van der Waals surface area contributed by atoms with E-state index in [2.05, 4.69) is 20.5 Å². The monoisotopic (exact) mass is 276 g/mol. The molecule has 1 aromatic carbocycles. The van der Waals surface area contributed by atoms with Gasteiger partial charge < -0.3 is 14.8 Å². The molecular formula is C13H16N4O3. The smallest absolute Gasteiger partial charge is 0.414 e. The number of benzene rings is 1. The van der Waals surface area contributed by atoms with Crippen molar-refractivity contribution in [3.05, 3.63) is 24.3 Å². The maximum absolute atomic E-state index is 11.6. The Kier molecular flexibility index (Phi) is 3.60. The number of carbonyl (C=O) groups is 1. The van der Waals surface area contributed by atoms with Crippen LogP contribution >= 0.6 is 0 Å². The summed E-state index contributed by atoms with van der Waals surface area (Å²) >= 11 is 0. The van der Waals surface area contributed by atoms with Crippen LogP contribution < -0.4 is 5.32 Å². The highest BCUT2D eigenvalue weighted by Gasteiger charge is 2.17. The molecule has 7 heteroatoms. The molecule has 2 aromatic rings. The van der Waals surface area contributed by atoms with Crippen molar-refractivity contribution >= 4 is 12.0 Å². The van der Waals surface area contributed by atoms with Crippen molar-refractivity contribution in [2.45, 2.75) is 26.4 Å². The molecule has 0 spiro atoms. The molecule has 0 aliphatic rings. The number of anilines is 1. The first-order chi connectivity index (χ1) is 9.33. The van der Waals surface area contributed by atoms with E-state index in [0.717, 1.165) is 5.56 Å². The van der Waals surface area contributed by atoms with Gasteiger partial charge in [0.15, 0.2) is 5.82 Å². The van der Waals surface area contributed by atoms with Gasteiger partial charge in [0.05, 0.1) is 0 Å². The third-order valence-corrected chi connectivity index (χ3v) is 2.25. The summed E-state index contributed by atoms with van der Waals surface area (Å²) in [6.07, 6.45) is -0.606. The number of H-pyrrole nitrogens is 1. The van der Waals surface area contributed by atoms with Crippen molar-refractivity contribution in [3.8, 4) is 17.1 Å². The lowest BCUT2D eigenvalue weighted by atomic mass is 10.2. The normalized spacial score (nSPS) is 11.2. The van der Waals surface area contributed by atoms with Crippen LogP contribution in [0.25, 0.3) is 11.4 Å². The Morgan fingerprint density at radius 1 is 1.25 bits per heavy atom. The van der Waals surface area contributed by atoms with Gasteiger partial charge in [-0.15, -0.1) is 10.2 Å². The zero-order chi connectivity index (χ0) is 14.8. The third-order valence-electron chi connectivity index (χ3n) is 2.25. The molecule has 1 heterocycles. The van der Waals surface area contributed by atoms with Crippen LogP contribution in [0.1, 0.15) is 20.8 Å². The predicted molar refractivity (Wildman–Crippen MR) is 73.3 cm³/mol. The van der Waals surface area contributed by atoms with Gasteiger partial charge in [0.1, 0.15) is 11.4 Å². The first-order valence-electron chi connectivity index (χ1n) is 6.05. The fourth-order valence-corrected chi connectivity index (χ4v) is 1.47. The van der Waals surface area contributed by atoms with Crippen molar-refractivity contribution in [1.29, 1.82) is 0 Å². The Bertz CT molecular complexity index is 599. The highest BCUT2D eigenvalue weighted by molar-refractivity contribution is 5.82. The van der Waals surface area contributed by atoms with E-state index >= 15 is 0 Å². The molecule has 0 saturated carbocycles. The summed E-state index contributed by atoms with van der Waals surface area (Å²) < 4.78 is 5.10. The summed E-state index contributed by atoms with van der Waals surface area (Å²) in [6, 6.07) is 6.46. The molecule has 0 bridgehead atoms. The molecule has 106 valence electrons. The quantitative estimate of drug-likeness (QED) is 0.782. The summed E-state index contributed by atoms with van der Waals surface area (Å²) in [7, 11) is 0. The average Bonchev–Trinajstić information content (AvgIpc) is 2.75. The average molecular weight is 276 g/mol. The van der Waals surface area contributed by atoms with E-state index in [4.69, 9.17) is 4.74 Å². The van der Waals surface area contributed by atoms with Crippen molar-refractivity contribution in [3.63, 3.8) is 0 Å². The standard InChI is InChI=1S/C13H16N4O3/c1-13(2,3)20-12(19)15-11-14-10(16-17-11)8-4-6-9(18)7-5-8/h4-7,18H,1-3H3,(H2,14,15,16,17,19). The van der Waals surface area contributed by atoms with Crippen LogP contribution in [-0.2, 0) is 4.74 Å². The van der Waals surface area contributed by atoms with Crippen LogP contribution in [0.2, 0.25) is 0 Å². The van der Waals surface area contributed by atoms with Gasteiger partial charge in [0.2, 0.25) is 5.95 Å². The zero-order valence-electron chi connectivity index (χ0n) is 11.5. The number of aromatic nitrogens is 3. The minimum atomic E-state index is -0.606. The van der Waals surface area contributed by atoms with Crippen LogP contribution in [0.4, 0.5) is 10.7 Å². The van der Waals surface area contributed by atoms with Crippen LogP contribution in [0.5, 0.6) is 5.75 Å². The molecule has 0 unspecified atom stereocenters. The first kappa shape index (κ1) is 13.9. The van der Waals surface area contributed by atoms with Crippen molar-refractivity contribution < 1.29 is 14.6 Å². The highest BCUT2D eigenvalue weighted by atomic mass is 16.6. The lowest BCUT2D eigenvalue weighted by Gasteiger charge is -2.18. The number of amides is 1. The van der Waals surface area contributed by atoms with Gasteiger partial charge in [0.25, 0.3) is 0 Å². The molecule has 1 aromatic heterocycles. The number of rotatable bonds is 2. The first-order valence-corrected chi connectivity index (χ1v) is 6.05. The number of nitrogens with one attached hydrogen (secondary N) is 2. The lowest BCUT2D eigenvalue weighted by molar-refractivity contribution is 0.0634. The number of nitrogens with zero attached hydrogens (tertiary/aromatic N) is 2. The minimum Gasteiger partial charge on any atom is -0.508 e. The van der Waals surface area contributed by atoms with E-state index in [9.17, 15) is 9.90 Å². The summed E-state index contributed by atoms with van der Waals surface area (Å²) in [5.74, 6) is 0.846. The number of hydrogen-bond donors (Lipinski definition) is 3. The van der Waals surface area contributed by atoms with Gasteiger partial charge in [-0.2, -0.15) is 0 Å². The number of ether oxygens (including phenoxy) is 1. The van der Waals surface area contributed by atoms with Crippen LogP contribution in [0.15, 0.2) is 24.3 Å². The molecule has 0 aliphatic heterocycles. The molecular weight excluding hydrogens is 260 g/mol.